The van der Waals surface area contributed by atoms with Crippen LogP contribution in [0.25, 0.3) is 22.6 Å². The Morgan fingerprint density at radius 2 is 2.00 bits per heavy atom. The van der Waals surface area contributed by atoms with E-state index in [9.17, 15) is 4.79 Å². The lowest BCUT2D eigenvalue weighted by Crippen LogP contribution is -2.12. The van der Waals surface area contributed by atoms with Gasteiger partial charge in [0.15, 0.2) is 5.58 Å². The Bertz CT molecular complexity index is 1240. The zero-order valence-corrected chi connectivity index (χ0v) is 18.9. The van der Waals surface area contributed by atoms with Gasteiger partial charge in [-0.05, 0) is 66.4 Å². The van der Waals surface area contributed by atoms with E-state index >= 15 is 0 Å². The Balaban J connectivity index is 1.65. The predicted molar refractivity (Wildman–Crippen MR) is 125 cm³/mol. The van der Waals surface area contributed by atoms with Crippen LogP contribution in [0.3, 0.4) is 0 Å². The second-order valence-corrected chi connectivity index (χ2v) is 8.54. The number of hydrogen-bond acceptors (Lipinski definition) is 3. The van der Waals surface area contributed by atoms with E-state index in [1.165, 1.54) is 5.56 Å². The summed E-state index contributed by atoms with van der Waals surface area (Å²) in [4.78, 5) is 17.3. The molecule has 4 rings (SSSR count). The van der Waals surface area contributed by atoms with Gasteiger partial charge in [0.25, 0.3) is 5.91 Å². The summed E-state index contributed by atoms with van der Waals surface area (Å²) in [5.74, 6) is 0.706. The van der Waals surface area contributed by atoms with Crippen LogP contribution < -0.4 is 5.32 Å². The van der Waals surface area contributed by atoms with Gasteiger partial charge < -0.3 is 9.73 Å². The lowest BCUT2D eigenvalue weighted by Gasteiger charge is -2.09. The van der Waals surface area contributed by atoms with Crippen molar-refractivity contribution in [3.8, 4) is 11.5 Å². The summed E-state index contributed by atoms with van der Waals surface area (Å²) >= 11 is 9.70. The molecule has 4 nitrogen and oxygen atoms in total. The number of carbonyl (C=O) groups is 1. The molecule has 0 radical (unpaired) electrons. The minimum atomic E-state index is -0.244. The number of benzene rings is 3. The van der Waals surface area contributed by atoms with Gasteiger partial charge in [0, 0.05) is 15.6 Å². The third-order valence-electron chi connectivity index (χ3n) is 5.14. The molecule has 0 aliphatic heterocycles. The fourth-order valence-corrected chi connectivity index (χ4v) is 3.75. The van der Waals surface area contributed by atoms with E-state index < -0.39 is 0 Å². The first-order valence-corrected chi connectivity index (χ1v) is 10.9. The monoisotopic (exact) mass is 482 g/mol. The zero-order valence-electron chi connectivity index (χ0n) is 16.6. The van der Waals surface area contributed by atoms with Crippen molar-refractivity contribution < 1.29 is 9.21 Å². The topological polar surface area (TPSA) is 55.1 Å². The Morgan fingerprint density at radius 3 is 2.77 bits per heavy atom. The number of hydrogen-bond donors (Lipinski definition) is 1. The number of nitrogens with zero attached hydrogens (tertiary/aromatic N) is 1. The van der Waals surface area contributed by atoms with Gasteiger partial charge in [-0.15, -0.1) is 0 Å². The maximum absolute atomic E-state index is 12.6. The highest BCUT2D eigenvalue weighted by Crippen LogP contribution is 2.32. The first kappa shape index (κ1) is 20.6. The molecule has 0 spiro atoms. The van der Waals surface area contributed by atoms with Gasteiger partial charge in [0.05, 0.1) is 10.7 Å². The molecule has 0 aliphatic rings. The summed E-state index contributed by atoms with van der Waals surface area (Å²) in [6.07, 6.45) is 1.06. The number of nitrogens with one attached hydrogen (secondary N) is 1. The van der Waals surface area contributed by atoms with E-state index in [0.29, 0.717) is 28.1 Å². The van der Waals surface area contributed by atoms with Gasteiger partial charge in [-0.1, -0.05) is 53.5 Å². The molecule has 3 aromatic carbocycles. The van der Waals surface area contributed by atoms with Crippen LogP contribution >= 0.6 is 27.5 Å². The van der Waals surface area contributed by atoms with Gasteiger partial charge in [-0.3, -0.25) is 4.79 Å². The number of carbonyl (C=O) groups excluding carboxylic acids is 1. The molecule has 0 saturated carbocycles. The summed E-state index contributed by atoms with van der Waals surface area (Å²) in [6.45, 7) is 4.36. The largest absolute Gasteiger partial charge is 0.436 e. The zero-order chi connectivity index (χ0) is 21.3. The lowest BCUT2D eigenvalue weighted by atomic mass is 9.98. The van der Waals surface area contributed by atoms with E-state index in [4.69, 9.17) is 16.0 Å². The molecule has 0 fully saturated rings. The molecular formula is C24H20BrClN2O2. The highest BCUT2D eigenvalue weighted by atomic mass is 79.9. The summed E-state index contributed by atoms with van der Waals surface area (Å²) in [5, 5.41) is 3.31. The van der Waals surface area contributed by atoms with E-state index in [1.54, 1.807) is 24.3 Å². The third-order valence-corrected chi connectivity index (χ3v) is 5.96. The van der Waals surface area contributed by atoms with Gasteiger partial charge in [-0.2, -0.15) is 0 Å². The van der Waals surface area contributed by atoms with Crippen LogP contribution in [0.5, 0.6) is 0 Å². The fourth-order valence-electron chi connectivity index (χ4n) is 3.19. The highest BCUT2D eigenvalue weighted by molar-refractivity contribution is 9.10. The smallest absolute Gasteiger partial charge is 0.255 e. The second-order valence-electron chi connectivity index (χ2n) is 7.21. The molecule has 1 heterocycles. The molecule has 0 aliphatic carbocycles. The normalized spacial score (nSPS) is 12.1. The maximum atomic E-state index is 12.6. The molecule has 1 unspecified atom stereocenters. The number of amides is 1. The minimum Gasteiger partial charge on any atom is -0.436 e. The van der Waals surface area contributed by atoms with Gasteiger partial charge in [-0.25, -0.2) is 4.98 Å². The van der Waals surface area contributed by atoms with E-state index in [2.05, 4.69) is 52.2 Å². The Morgan fingerprint density at radius 1 is 1.17 bits per heavy atom. The molecular weight excluding hydrogens is 464 g/mol. The Labute approximate surface area is 188 Å². The molecule has 4 aromatic rings. The van der Waals surface area contributed by atoms with Crippen molar-refractivity contribution in [2.45, 2.75) is 26.2 Å². The van der Waals surface area contributed by atoms with Crippen molar-refractivity contribution in [2.24, 2.45) is 0 Å². The van der Waals surface area contributed by atoms with E-state index in [-0.39, 0.29) is 5.91 Å². The number of rotatable bonds is 5. The molecule has 1 N–H and O–H groups in total. The first-order valence-electron chi connectivity index (χ1n) is 9.72. The molecule has 1 aromatic heterocycles. The van der Waals surface area contributed by atoms with Crippen LogP contribution in [0.2, 0.25) is 5.02 Å². The molecule has 1 atom stereocenters. The minimum absolute atomic E-state index is 0.244. The second kappa shape index (κ2) is 8.62. The van der Waals surface area contributed by atoms with Crippen LogP contribution in [0.1, 0.15) is 42.1 Å². The number of halogens is 2. The van der Waals surface area contributed by atoms with Crippen LogP contribution in [0.15, 0.2) is 69.6 Å². The first-order chi connectivity index (χ1) is 14.4. The lowest BCUT2D eigenvalue weighted by molar-refractivity contribution is 0.102. The number of oxazole rings is 1. The number of fused-ring (bicyclic) bond motifs is 1. The maximum Gasteiger partial charge on any atom is 0.255 e. The van der Waals surface area contributed by atoms with E-state index in [1.807, 2.05) is 24.3 Å². The average molecular weight is 484 g/mol. The summed E-state index contributed by atoms with van der Waals surface area (Å²) in [6, 6.07) is 18.6. The predicted octanol–water partition coefficient (Wildman–Crippen LogP) is 7.68. The van der Waals surface area contributed by atoms with Crippen LogP contribution in [0, 0.1) is 0 Å². The molecule has 0 saturated heterocycles. The fraction of sp³-hybridized carbons (Fsp3) is 0.167. The standard InChI is InChI=1S/C24H20BrClN2O2/c1-3-14(2)15-8-10-22-21(12-15)28-24(30-22)17-7-9-19(26)20(13-17)27-23(29)16-5-4-6-18(25)11-16/h4-14H,3H2,1-2H3,(H,27,29). The number of aromatic nitrogens is 1. The Kier molecular flexibility index (Phi) is 5.93. The van der Waals surface area contributed by atoms with Crippen LogP contribution in [-0.2, 0) is 0 Å². The molecule has 30 heavy (non-hydrogen) atoms. The Hall–Kier alpha value is -2.63. The van der Waals surface area contributed by atoms with Crippen LogP contribution in [0.4, 0.5) is 5.69 Å². The van der Waals surface area contributed by atoms with E-state index in [0.717, 1.165) is 27.6 Å². The third kappa shape index (κ3) is 4.27. The highest BCUT2D eigenvalue weighted by Gasteiger charge is 2.14. The van der Waals surface area contributed by atoms with Gasteiger partial charge >= 0.3 is 0 Å². The van der Waals surface area contributed by atoms with Crippen molar-refractivity contribution >= 4 is 50.2 Å². The van der Waals surface area contributed by atoms with Crippen molar-refractivity contribution in [1.82, 2.24) is 4.98 Å². The van der Waals surface area contributed by atoms with Gasteiger partial charge in [0.1, 0.15) is 5.52 Å². The quantitative estimate of drug-likeness (QED) is 0.317. The molecule has 152 valence electrons. The molecule has 6 heteroatoms. The molecule has 1 amide bonds. The van der Waals surface area contributed by atoms with Crippen molar-refractivity contribution in [3.05, 3.63) is 81.3 Å². The van der Waals surface area contributed by atoms with Crippen molar-refractivity contribution in [2.75, 3.05) is 5.32 Å². The van der Waals surface area contributed by atoms with Gasteiger partial charge in [0.2, 0.25) is 5.89 Å². The number of anilines is 1. The van der Waals surface area contributed by atoms with Crippen molar-refractivity contribution in [3.63, 3.8) is 0 Å². The molecule has 0 bridgehead atoms. The SMILES string of the molecule is CCC(C)c1ccc2oc(-c3ccc(Cl)c(NC(=O)c4cccc(Br)c4)c3)nc2c1. The average Bonchev–Trinajstić information content (AvgIpc) is 3.18. The summed E-state index contributed by atoms with van der Waals surface area (Å²) in [7, 11) is 0. The summed E-state index contributed by atoms with van der Waals surface area (Å²) < 4.78 is 6.78. The van der Waals surface area contributed by atoms with Crippen molar-refractivity contribution in [1.29, 1.82) is 0 Å². The summed E-state index contributed by atoms with van der Waals surface area (Å²) in [5.41, 5.74) is 4.56. The van der Waals surface area contributed by atoms with Crippen LogP contribution in [-0.4, -0.2) is 10.9 Å².